The fourth-order valence-electron chi connectivity index (χ4n) is 2.31. The van der Waals surface area contributed by atoms with E-state index in [2.05, 4.69) is 11.8 Å². The van der Waals surface area contributed by atoms with Crippen molar-refractivity contribution in [2.24, 2.45) is 0 Å². The first-order chi connectivity index (χ1) is 7.15. The minimum Gasteiger partial charge on any atom is -0.481 e. The summed E-state index contributed by atoms with van der Waals surface area (Å²) in [5.74, 6) is -0.689. The van der Waals surface area contributed by atoms with Crippen LogP contribution in [0.15, 0.2) is 0 Å². The zero-order valence-electron chi connectivity index (χ0n) is 9.61. The molecule has 15 heavy (non-hydrogen) atoms. The Morgan fingerprint density at radius 1 is 1.67 bits per heavy atom. The average molecular weight is 215 g/mol. The second kappa shape index (κ2) is 6.08. The Morgan fingerprint density at radius 2 is 2.40 bits per heavy atom. The van der Waals surface area contributed by atoms with Crippen molar-refractivity contribution in [2.45, 2.75) is 44.7 Å². The Balaban J connectivity index is 2.40. The number of hydrogen-bond acceptors (Lipinski definition) is 3. The van der Waals surface area contributed by atoms with E-state index in [4.69, 9.17) is 9.84 Å². The summed E-state index contributed by atoms with van der Waals surface area (Å²) in [6.07, 6.45) is 3.39. The highest BCUT2D eigenvalue weighted by molar-refractivity contribution is 5.67. The van der Waals surface area contributed by atoms with Crippen molar-refractivity contribution in [3.8, 4) is 0 Å². The standard InChI is InChI=1S/C11H21NO3/c1-9(5-7-15-2)12-6-3-4-10(12)8-11(13)14/h9-10H,3-8H2,1-2H3,(H,13,14). The molecule has 2 unspecified atom stereocenters. The van der Waals surface area contributed by atoms with Crippen molar-refractivity contribution in [2.75, 3.05) is 20.3 Å². The molecule has 0 saturated carbocycles. The van der Waals surface area contributed by atoms with Crippen LogP contribution in [-0.4, -0.2) is 48.3 Å². The van der Waals surface area contributed by atoms with E-state index in [1.54, 1.807) is 7.11 Å². The van der Waals surface area contributed by atoms with Crippen LogP contribution in [0.1, 0.15) is 32.6 Å². The number of carboxylic acid groups (broad SMARTS) is 1. The molecule has 0 amide bonds. The molecule has 0 aromatic carbocycles. The van der Waals surface area contributed by atoms with Crippen LogP contribution >= 0.6 is 0 Å². The molecule has 1 fully saturated rings. The van der Waals surface area contributed by atoms with Gasteiger partial charge in [-0.25, -0.2) is 0 Å². The van der Waals surface area contributed by atoms with Crippen LogP contribution in [0.3, 0.4) is 0 Å². The Bertz CT molecular complexity index is 208. The molecular formula is C11H21NO3. The van der Waals surface area contributed by atoms with Crippen LogP contribution in [0, 0.1) is 0 Å². The Labute approximate surface area is 91.2 Å². The lowest BCUT2D eigenvalue weighted by molar-refractivity contribution is -0.138. The SMILES string of the molecule is COCCC(C)N1CCCC1CC(=O)O. The summed E-state index contributed by atoms with van der Waals surface area (Å²) in [6, 6.07) is 0.658. The van der Waals surface area contributed by atoms with Gasteiger partial charge in [0.05, 0.1) is 6.42 Å². The largest absolute Gasteiger partial charge is 0.481 e. The maximum atomic E-state index is 10.7. The average Bonchev–Trinajstić information content (AvgIpc) is 2.61. The topological polar surface area (TPSA) is 49.8 Å². The van der Waals surface area contributed by atoms with Gasteiger partial charge in [-0.3, -0.25) is 9.69 Å². The van der Waals surface area contributed by atoms with Crippen LogP contribution in [0.2, 0.25) is 0 Å². The van der Waals surface area contributed by atoms with Crippen molar-refractivity contribution in [3.05, 3.63) is 0 Å². The van der Waals surface area contributed by atoms with Crippen molar-refractivity contribution in [1.82, 2.24) is 4.90 Å². The van der Waals surface area contributed by atoms with Gasteiger partial charge in [-0.15, -0.1) is 0 Å². The molecule has 2 atom stereocenters. The summed E-state index contributed by atoms with van der Waals surface area (Å²) in [7, 11) is 1.70. The van der Waals surface area contributed by atoms with Crippen LogP contribution in [-0.2, 0) is 9.53 Å². The zero-order valence-corrected chi connectivity index (χ0v) is 9.61. The van der Waals surface area contributed by atoms with Crippen LogP contribution < -0.4 is 0 Å². The molecule has 1 heterocycles. The third-order valence-corrected chi connectivity index (χ3v) is 3.14. The first-order valence-corrected chi connectivity index (χ1v) is 5.61. The van der Waals surface area contributed by atoms with E-state index in [-0.39, 0.29) is 12.5 Å². The summed E-state index contributed by atoms with van der Waals surface area (Å²) in [4.78, 5) is 13.0. The van der Waals surface area contributed by atoms with E-state index in [1.165, 1.54) is 0 Å². The zero-order chi connectivity index (χ0) is 11.3. The molecule has 0 radical (unpaired) electrons. The quantitative estimate of drug-likeness (QED) is 0.726. The third kappa shape index (κ3) is 3.80. The lowest BCUT2D eigenvalue weighted by atomic mass is 10.1. The molecule has 1 aliphatic rings. The highest BCUT2D eigenvalue weighted by Gasteiger charge is 2.29. The Kier molecular flexibility index (Phi) is 5.05. The minimum atomic E-state index is -0.689. The molecule has 1 N–H and O–H groups in total. The van der Waals surface area contributed by atoms with Crippen LogP contribution in [0.5, 0.6) is 0 Å². The number of carboxylic acids is 1. The molecule has 0 aromatic heterocycles. The van der Waals surface area contributed by atoms with Gasteiger partial charge in [0.2, 0.25) is 0 Å². The first-order valence-electron chi connectivity index (χ1n) is 5.61. The lowest BCUT2D eigenvalue weighted by Crippen LogP contribution is -2.39. The molecule has 0 spiro atoms. The van der Waals surface area contributed by atoms with Crippen molar-refractivity contribution in [1.29, 1.82) is 0 Å². The van der Waals surface area contributed by atoms with E-state index in [9.17, 15) is 4.79 Å². The monoisotopic (exact) mass is 215 g/mol. The molecule has 88 valence electrons. The second-order valence-electron chi connectivity index (χ2n) is 4.26. The number of rotatable bonds is 6. The number of ether oxygens (including phenoxy) is 1. The predicted molar refractivity (Wildman–Crippen MR) is 57.9 cm³/mol. The molecule has 0 aromatic rings. The van der Waals surface area contributed by atoms with Gasteiger partial charge >= 0.3 is 5.97 Å². The van der Waals surface area contributed by atoms with Crippen molar-refractivity contribution < 1.29 is 14.6 Å². The van der Waals surface area contributed by atoms with Crippen LogP contribution in [0.25, 0.3) is 0 Å². The van der Waals surface area contributed by atoms with Gasteiger partial charge in [-0.2, -0.15) is 0 Å². The highest BCUT2D eigenvalue weighted by Crippen LogP contribution is 2.23. The fraction of sp³-hybridized carbons (Fsp3) is 0.909. The Hall–Kier alpha value is -0.610. The molecular weight excluding hydrogens is 194 g/mol. The molecule has 4 heteroatoms. The summed E-state index contributed by atoms with van der Waals surface area (Å²) >= 11 is 0. The van der Waals surface area contributed by atoms with Crippen molar-refractivity contribution >= 4 is 5.97 Å². The van der Waals surface area contributed by atoms with Crippen LogP contribution in [0.4, 0.5) is 0 Å². The minimum absolute atomic E-state index is 0.231. The van der Waals surface area contributed by atoms with Gasteiger partial charge in [0.25, 0.3) is 0 Å². The fourth-order valence-corrected chi connectivity index (χ4v) is 2.31. The molecule has 0 aliphatic carbocycles. The highest BCUT2D eigenvalue weighted by atomic mass is 16.5. The number of carbonyl (C=O) groups is 1. The normalized spacial score (nSPS) is 24.3. The van der Waals surface area contributed by atoms with E-state index >= 15 is 0 Å². The number of aliphatic carboxylic acids is 1. The summed E-state index contributed by atoms with van der Waals surface area (Å²) in [5, 5.41) is 8.80. The Morgan fingerprint density at radius 3 is 3.00 bits per heavy atom. The molecule has 1 aliphatic heterocycles. The van der Waals surface area contributed by atoms with Gasteiger partial charge in [0.15, 0.2) is 0 Å². The smallest absolute Gasteiger partial charge is 0.304 e. The summed E-state index contributed by atoms with van der Waals surface area (Å²) in [5.41, 5.74) is 0. The summed E-state index contributed by atoms with van der Waals surface area (Å²) < 4.78 is 5.05. The molecule has 1 rings (SSSR count). The van der Waals surface area contributed by atoms with Gasteiger partial charge in [-0.1, -0.05) is 0 Å². The van der Waals surface area contributed by atoms with E-state index in [1.807, 2.05) is 0 Å². The molecule has 0 bridgehead atoms. The van der Waals surface area contributed by atoms with E-state index in [0.29, 0.717) is 6.04 Å². The first kappa shape index (κ1) is 12.5. The van der Waals surface area contributed by atoms with Gasteiger partial charge in [0.1, 0.15) is 0 Å². The van der Waals surface area contributed by atoms with Crippen molar-refractivity contribution in [3.63, 3.8) is 0 Å². The van der Waals surface area contributed by atoms with Gasteiger partial charge in [0, 0.05) is 25.8 Å². The van der Waals surface area contributed by atoms with Gasteiger partial charge < -0.3 is 9.84 Å². The number of likely N-dealkylation sites (tertiary alicyclic amines) is 1. The number of nitrogens with zero attached hydrogens (tertiary/aromatic N) is 1. The molecule has 4 nitrogen and oxygen atoms in total. The predicted octanol–water partition coefficient (Wildman–Crippen LogP) is 1.35. The summed E-state index contributed by atoms with van der Waals surface area (Å²) in [6.45, 7) is 3.93. The maximum Gasteiger partial charge on any atom is 0.304 e. The van der Waals surface area contributed by atoms with E-state index in [0.717, 1.165) is 32.4 Å². The number of methoxy groups -OCH3 is 1. The number of hydrogen-bond donors (Lipinski definition) is 1. The lowest BCUT2D eigenvalue weighted by Gasteiger charge is -2.29. The second-order valence-corrected chi connectivity index (χ2v) is 4.26. The molecule has 1 saturated heterocycles. The third-order valence-electron chi connectivity index (χ3n) is 3.14. The van der Waals surface area contributed by atoms with E-state index < -0.39 is 5.97 Å². The van der Waals surface area contributed by atoms with Gasteiger partial charge in [-0.05, 0) is 32.7 Å². The maximum absolute atomic E-state index is 10.7.